The van der Waals surface area contributed by atoms with Gasteiger partial charge in [0.1, 0.15) is 12.4 Å². The first-order valence-electron chi connectivity index (χ1n) is 8.14. The molecule has 0 saturated carbocycles. The Morgan fingerprint density at radius 2 is 2.35 bits per heavy atom. The van der Waals surface area contributed by atoms with Crippen LogP contribution in [0.1, 0.15) is 17.6 Å². The van der Waals surface area contributed by atoms with E-state index in [0.717, 1.165) is 36.6 Å². The average Bonchev–Trinajstić information content (AvgIpc) is 3.33. The number of nitrogens with zero attached hydrogens (tertiary/aromatic N) is 4. The molecule has 3 aromatic rings. The third-order valence-electron chi connectivity index (χ3n) is 4.20. The Morgan fingerprint density at radius 1 is 1.42 bits per heavy atom. The van der Waals surface area contributed by atoms with E-state index >= 15 is 0 Å². The summed E-state index contributed by atoms with van der Waals surface area (Å²) in [4.78, 5) is 11.0. The lowest BCUT2D eigenvalue weighted by molar-refractivity contribution is 0.190. The minimum Gasteiger partial charge on any atom is -0.487 e. The molecule has 0 spiro atoms. The van der Waals surface area contributed by atoms with E-state index in [1.807, 2.05) is 29.6 Å². The van der Waals surface area contributed by atoms with E-state index in [0.29, 0.717) is 18.3 Å². The summed E-state index contributed by atoms with van der Waals surface area (Å²) in [5.74, 6) is 1.97. The fraction of sp³-hybridized carbons (Fsp3) is 0.353. The van der Waals surface area contributed by atoms with E-state index in [1.54, 1.807) is 16.8 Å². The summed E-state index contributed by atoms with van der Waals surface area (Å²) in [6, 6.07) is 7.81. The SMILES string of the molecule is CN1CCNCC1c1noc(-c2cccc(OCc3cscn3)c2)n1.Cl. The van der Waals surface area contributed by atoms with Crippen molar-refractivity contribution in [3.63, 3.8) is 0 Å². The number of hydrogen-bond acceptors (Lipinski definition) is 8. The molecule has 2 aromatic heterocycles. The Bertz CT molecular complexity index is 826. The van der Waals surface area contributed by atoms with Gasteiger partial charge in [-0.05, 0) is 25.2 Å². The standard InChI is InChI=1S/C17H19N5O2S.ClH/c1-22-6-5-18-8-15(22)16-20-17(24-21-16)12-3-2-4-14(7-12)23-9-13-10-25-11-19-13;/h2-4,7,10-11,15,18H,5-6,8-9H2,1H3;1H. The molecule has 1 atom stereocenters. The van der Waals surface area contributed by atoms with Gasteiger partial charge in [-0.25, -0.2) is 4.98 Å². The third-order valence-corrected chi connectivity index (χ3v) is 4.84. The molecular weight excluding hydrogens is 374 g/mol. The first kappa shape index (κ1) is 18.8. The lowest BCUT2D eigenvalue weighted by Gasteiger charge is -2.30. The van der Waals surface area contributed by atoms with Gasteiger partial charge in [0, 0.05) is 30.6 Å². The van der Waals surface area contributed by atoms with Crippen molar-refractivity contribution >= 4 is 23.7 Å². The van der Waals surface area contributed by atoms with Crippen molar-refractivity contribution in [1.82, 2.24) is 25.3 Å². The van der Waals surface area contributed by atoms with Crippen molar-refractivity contribution in [3.8, 4) is 17.2 Å². The minimum atomic E-state index is 0. The molecule has 1 aromatic carbocycles. The lowest BCUT2D eigenvalue weighted by atomic mass is 10.2. The highest BCUT2D eigenvalue weighted by molar-refractivity contribution is 7.07. The fourth-order valence-corrected chi connectivity index (χ4v) is 3.31. The Morgan fingerprint density at radius 3 is 3.15 bits per heavy atom. The van der Waals surface area contributed by atoms with Crippen LogP contribution in [-0.2, 0) is 6.61 Å². The number of thiazole rings is 1. The highest BCUT2D eigenvalue weighted by Crippen LogP contribution is 2.25. The van der Waals surface area contributed by atoms with E-state index in [9.17, 15) is 0 Å². The fourth-order valence-electron chi connectivity index (χ4n) is 2.77. The zero-order valence-corrected chi connectivity index (χ0v) is 15.9. The Kier molecular flexibility index (Phi) is 6.20. The van der Waals surface area contributed by atoms with Crippen molar-refractivity contribution in [2.75, 3.05) is 26.7 Å². The van der Waals surface area contributed by atoms with Gasteiger partial charge in [0.2, 0.25) is 0 Å². The molecule has 3 heterocycles. The second-order valence-electron chi connectivity index (χ2n) is 5.95. The van der Waals surface area contributed by atoms with Crippen molar-refractivity contribution in [2.24, 2.45) is 0 Å². The topological polar surface area (TPSA) is 76.3 Å². The van der Waals surface area contributed by atoms with E-state index in [-0.39, 0.29) is 18.4 Å². The van der Waals surface area contributed by atoms with Gasteiger partial charge >= 0.3 is 0 Å². The average molecular weight is 394 g/mol. The summed E-state index contributed by atoms with van der Waals surface area (Å²) in [5, 5.41) is 9.50. The molecule has 0 aliphatic carbocycles. The highest BCUT2D eigenvalue weighted by Gasteiger charge is 2.25. The second-order valence-corrected chi connectivity index (χ2v) is 6.67. The zero-order valence-electron chi connectivity index (χ0n) is 14.3. The van der Waals surface area contributed by atoms with Crippen LogP contribution in [0.5, 0.6) is 5.75 Å². The minimum absolute atomic E-state index is 0. The van der Waals surface area contributed by atoms with Crippen molar-refractivity contribution < 1.29 is 9.26 Å². The Labute approximate surface area is 161 Å². The normalized spacial score (nSPS) is 17.7. The summed E-state index contributed by atoms with van der Waals surface area (Å²) in [5.41, 5.74) is 3.57. The van der Waals surface area contributed by atoms with Crippen LogP contribution in [0, 0.1) is 0 Å². The van der Waals surface area contributed by atoms with Crippen LogP contribution < -0.4 is 10.1 Å². The van der Waals surface area contributed by atoms with Gasteiger partial charge in [-0.3, -0.25) is 4.90 Å². The predicted molar refractivity (Wildman–Crippen MR) is 102 cm³/mol. The number of ether oxygens (including phenoxy) is 1. The van der Waals surface area contributed by atoms with E-state index in [4.69, 9.17) is 9.26 Å². The molecule has 26 heavy (non-hydrogen) atoms. The number of hydrogen-bond donors (Lipinski definition) is 1. The van der Waals surface area contributed by atoms with Crippen LogP contribution in [0.25, 0.3) is 11.5 Å². The third kappa shape index (κ3) is 4.21. The number of halogens is 1. The summed E-state index contributed by atoms with van der Waals surface area (Å²) >= 11 is 1.56. The monoisotopic (exact) mass is 393 g/mol. The highest BCUT2D eigenvalue weighted by atomic mass is 35.5. The summed E-state index contributed by atoms with van der Waals surface area (Å²) < 4.78 is 11.3. The summed E-state index contributed by atoms with van der Waals surface area (Å²) in [6.45, 7) is 3.22. The van der Waals surface area contributed by atoms with Crippen molar-refractivity contribution in [2.45, 2.75) is 12.6 Å². The van der Waals surface area contributed by atoms with Gasteiger partial charge < -0.3 is 14.6 Å². The van der Waals surface area contributed by atoms with Crippen molar-refractivity contribution in [3.05, 3.63) is 46.7 Å². The first-order valence-corrected chi connectivity index (χ1v) is 9.09. The van der Waals surface area contributed by atoms with Crippen LogP contribution in [0.3, 0.4) is 0 Å². The van der Waals surface area contributed by atoms with Crippen LogP contribution >= 0.6 is 23.7 Å². The molecule has 1 aliphatic rings. The maximum atomic E-state index is 5.79. The van der Waals surface area contributed by atoms with Crippen LogP contribution in [0.2, 0.25) is 0 Å². The molecule has 1 saturated heterocycles. The molecular formula is C17H20ClN5O2S. The molecule has 1 N–H and O–H groups in total. The van der Waals surface area contributed by atoms with Gasteiger partial charge in [-0.1, -0.05) is 11.2 Å². The van der Waals surface area contributed by atoms with Gasteiger partial charge in [0.25, 0.3) is 5.89 Å². The molecule has 0 bridgehead atoms. The molecule has 4 rings (SSSR count). The quantitative estimate of drug-likeness (QED) is 0.714. The Hall–Kier alpha value is -2.00. The molecule has 1 unspecified atom stereocenters. The molecule has 0 amide bonds. The lowest BCUT2D eigenvalue weighted by Crippen LogP contribution is -2.44. The molecule has 0 radical (unpaired) electrons. The van der Waals surface area contributed by atoms with Crippen LogP contribution in [0.15, 0.2) is 39.7 Å². The first-order chi connectivity index (χ1) is 12.3. The molecule has 7 nitrogen and oxygen atoms in total. The van der Waals surface area contributed by atoms with E-state index in [2.05, 4.69) is 32.4 Å². The Balaban J connectivity index is 0.00000196. The number of piperazine rings is 1. The zero-order chi connectivity index (χ0) is 17.1. The number of nitrogens with one attached hydrogen (secondary N) is 1. The maximum absolute atomic E-state index is 5.79. The molecule has 138 valence electrons. The molecule has 9 heteroatoms. The smallest absolute Gasteiger partial charge is 0.258 e. The van der Waals surface area contributed by atoms with E-state index < -0.39 is 0 Å². The second kappa shape index (κ2) is 8.59. The number of likely N-dealkylation sites (N-methyl/N-ethyl adjacent to an activating group) is 1. The van der Waals surface area contributed by atoms with Crippen molar-refractivity contribution in [1.29, 1.82) is 0 Å². The van der Waals surface area contributed by atoms with Gasteiger partial charge in [0.05, 0.1) is 17.2 Å². The van der Waals surface area contributed by atoms with Crippen LogP contribution in [0.4, 0.5) is 0 Å². The molecule has 1 aliphatic heterocycles. The van der Waals surface area contributed by atoms with Gasteiger partial charge in [0.15, 0.2) is 5.82 Å². The summed E-state index contributed by atoms with van der Waals surface area (Å²) in [6.07, 6.45) is 0. The summed E-state index contributed by atoms with van der Waals surface area (Å²) in [7, 11) is 2.08. The van der Waals surface area contributed by atoms with Crippen LogP contribution in [-0.4, -0.2) is 46.7 Å². The molecule has 1 fully saturated rings. The number of rotatable bonds is 5. The van der Waals surface area contributed by atoms with Gasteiger partial charge in [-0.2, -0.15) is 4.98 Å². The van der Waals surface area contributed by atoms with E-state index in [1.165, 1.54) is 0 Å². The number of aromatic nitrogens is 3. The maximum Gasteiger partial charge on any atom is 0.258 e. The predicted octanol–water partition coefficient (Wildman–Crippen LogP) is 2.77. The number of benzene rings is 1. The van der Waals surface area contributed by atoms with Gasteiger partial charge in [-0.15, -0.1) is 23.7 Å². The largest absolute Gasteiger partial charge is 0.487 e.